The molecule has 0 unspecified atom stereocenters. The molecule has 1 aliphatic rings. The van der Waals surface area contributed by atoms with Crippen LogP contribution in [0.2, 0.25) is 0 Å². The van der Waals surface area contributed by atoms with E-state index in [1.807, 2.05) is 0 Å². The number of rotatable bonds is 5. The van der Waals surface area contributed by atoms with Crippen molar-refractivity contribution in [3.05, 3.63) is 59.7 Å². The molecule has 5 nitrogen and oxygen atoms in total. The average molecular weight is 313 g/mol. The summed E-state index contributed by atoms with van der Waals surface area (Å²) in [4.78, 5) is 27.3. The van der Waals surface area contributed by atoms with Crippen molar-refractivity contribution in [2.45, 2.75) is 25.3 Å². The highest BCUT2D eigenvalue weighted by Gasteiger charge is 2.23. The summed E-state index contributed by atoms with van der Waals surface area (Å²) in [6.45, 7) is 0. The molecule has 1 aromatic carbocycles. The van der Waals surface area contributed by atoms with Crippen molar-refractivity contribution in [2.75, 3.05) is 5.32 Å². The zero-order valence-electron chi connectivity index (χ0n) is 12.4. The molecule has 0 aliphatic heterocycles. The van der Waals surface area contributed by atoms with Gasteiger partial charge in [-0.2, -0.15) is 0 Å². The summed E-state index contributed by atoms with van der Waals surface area (Å²) < 4.78 is 13.1. The number of hydrogen-bond donors (Lipinski definition) is 2. The molecule has 2 N–H and O–H groups in total. The fourth-order valence-corrected chi connectivity index (χ4v) is 2.14. The summed E-state index contributed by atoms with van der Waals surface area (Å²) in [6.07, 6.45) is 4.78. The van der Waals surface area contributed by atoms with E-state index in [1.165, 1.54) is 6.20 Å². The van der Waals surface area contributed by atoms with Gasteiger partial charge in [-0.25, -0.2) is 4.39 Å². The van der Waals surface area contributed by atoms with Crippen molar-refractivity contribution in [3.8, 4) is 0 Å². The van der Waals surface area contributed by atoms with Gasteiger partial charge in [0.2, 0.25) is 5.91 Å². The molecule has 1 fully saturated rings. The van der Waals surface area contributed by atoms with E-state index in [0.717, 1.165) is 30.7 Å². The second-order valence-electron chi connectivity index (χ2n) is 5.56. The Morgan fingerprint density at radius 2 is 1.91 bits per heavy atom. The Morgan fingerprint density at radius 3 is 2.57 bits per heavy atom. The van der Waals surface area contributed by atoms with Crippen molar-refractivity contribution in [1.29, 1.82) is 0 Å². The quantitative estimate of drug-likeness (QED) is 0.890. The van der Waals surface area contributed by atoms with Gasteiger partial charge in [0.05, 0.1) is 18.2 Å². The van der Waals surface area contributed by atoms with Crippen LogP contribution in [0, 0.1) is 5.82 Å². The van der Waals surface area contributed by atoms with Gasteiger partial charge in [0.15, 0.2) is 0 Å². The highest BCUT2D eigenvalue weighted by Crippen LogP contribution is 2.19. The minimum absolute atomic E-state index is 0.00937. The first-order chi connectivity index (χ1) is 11.1. The van der Waals surface area contributed by atoms with Crippen molar-refractivity contribution < 1.29 is 14.0 Å². The molecular weight excluding hydrogens is 297 g/mol. The Morgan fingerprint density at radius 1 is 1.17 bits per heavy atom. The van der Waals surface area contributed by atoms with Gasteiger partial charge in [-0.15, -0.1) is 0 Å². The molecule has 1 aliphatic carbocycles. The van der Waals surface area contributed by atoms with Crippen LogP contribution in [0.4, 0.5) is 10.1 Å². The van der Waals surface area contributed by atoms with Crippen LogP contribution in [-0.4, -0.2) is 22.8 Å². The molecule has 118 valence electrons. The van der Waals surface area contributed by atoms with Crippen molar-refractivity contribution >= 4 is 17.5 Å². The number of nitrogens with one attached hydrogen (secondary N) is 2. The maximum Gasteiger partial charge on any atom is 0.257 e. The molecule has 3 rings (SSSR count). The predicted octanol–water partition coefficient (Wildman–Crippen LogP) is 2.29. The highest BCUT2D eigenvalue weighted by atomic mass is 19.1. The SMILES string of the molecule is O=C(Cc1ccc(NC(=O)c2cncc(F)c2)cc1)NC1CC1. The van der Waals surface area contributed by atoms with Gasteiger partial charge >= 0.3 is 0 Å². The molecule has 1 saturated carbocycles. The molecule has 0 spiro atoms. The largest absolute Gasteiger partial charge is 0.353 e. The van der Waals surface area contributed by atoms with Gasteiger partial charge in [-0.1, -0.05) is 12.1 Å². The van der Waals surface area contributed by atoms with Crippen LogP contribution < -0.4 is 10.6 Å². The Labute approximate surface area is 132 Å². The first-order valence-electron chi connectivity index (χ1n) is 7.40. The van der Waals surface area contributed by atoms with Crippen molar-refractivity contribution in [1.82, 2.24) is 10.3 Å². The number of hydrogen-bond acceptors (Lipinski definition) is 3. The minimum atomic E-state index is -0.560. The Balaban J connectivity index is 1.58. The van der Waals surface area contributed by atoms with Crippen LogP contribution in [0.3, 0.4) is 0 Å². The second-order valence-corrected chi connectivity index (χ2v) is 5.56. The number of pyridine rings is 1. The molecule has 0 bridgehead atoms. The molecule has 0 atom stereocenters. The van der Waals surface area contributed by atoms with Crippen LogP contribution in [0.1, 0.15) is 28.8 Å². The maximum absolute atomic E-state index is 13.1. The predicted molar refractivity (Wildman–Crippen MR) is 83.5 cm³/mol. The smallest absolute Gasteiger partial charge is 0.257 e. The molecule has 0 radical (unpaired) electrons. The third-order valence-corrected chi connectivity index (χ3v) is 3.49. The van der Waals surface area contributed by atoms with E-state index < -0.39 is 11.7 Å². The van der Waals surface area contributed by atoms with Gasteiger partial charge in [0.1, 0.15) is 5.82 Å². The van der Waals surface area contributed by atoms with E-state index in [9.17, 15) is 14.0 Å². The van der Waals surface area contributed by atoms with E-state index in [4.69, 9.17) is 0 Å². The number of carbonyl (C=O) groups is 2. The first-order valence-corrected chi connectivity index (χ1v) is 7.40. The van der Waals surface area contributed by atoms with Crippen LogP contribution in [0.5, 0.6) is 0 Å². The first kappa shape index (κ1) is 15.1. The molecule has 6 heteroatoms. The number of benzene rings is 1. The van der Waals surface area contributed by atoms with E-state index in [-0.39, 0.29) is 11.5 Å². The zero-order valence-corrected chi connectivity index (χ0v) is 12.4. The van der Waals surface area contributed by atoms with Crippen LogP contribution in [0.25, 0.3) is 0 Å². The summed E-state index contributed by atoms with van der Waals surface area (Å²) in [7, 11) is 0. The number of anilines is 1. The molecule has 2 aromatic rings. The lowest BCUT2D eigenvalue weighted by Gasteiger charge is -2.07. The van der Waals surface area contributed by atoms with Crippen LogP contribution in [0.15, 0.2) is 42.7 Å². The molecule has 2 amide bonds. The molecule has 0 saturated heterocycles. The van der Waals surface area contributed by atoms with Crippen LogP contribution >= 0.6 is 0 Å². The van der Waals surface area contributed by atoms with Crippen molar-refractivity contribution in [3.63, 3.8) is 0 Å². The second kappa shape index (κ2) is 6.56. The Hall–Kier alpha value is -2.76. The fourth-order valence-electron chi connectivity index (χ4n) is 2.14. The van der Waals surface area contributed by atoms with E-state index in [0.29, 0.717) is 18.2 Å². The van der Waals surface area contributed by atoms with Gasteiger partial charge in [-0.3, -0.25) is 14.6 Å². The van der Waals surface area contributed by atoms with E-state index in [2.05, 4.69) is 15.6 Å². The normalized spacial score (nSPS) is 13.4. The van der Waals surface area contributed by atoms with Gasteiger partial charge in [-0.05, 0) is 36.6 Å². The Bertz CT molecular complexity index is 727. The summed E-state index contributed by atoms with van der Waals surface area (Å²) in [5, 5.41) is 5.59. The summed E-state index contributed by atoms with van der Waals surface area (Å²) in [5.41, 5.74) is 1.59. The third kappa shape index (κ3) is 4.35. The van der Waals surface area contributed by atoms with Gasteiger partial charge in [0.25, 0.3) is 5.91 Å². The summed E-state index contributed by atoms with van der Waals surface area (Å²) >= 11 is 0. The lowest BCUT2D eigenvalue weighted by Crippen LogP contribution is -2.26. The average Bonchev–Trinajstić information content (AvgIpc) is 3.33. The summed E-state index contributed by atoms with van der Waals surface area (Å²) in [6, 6.07) is 8.46. The molecular formula is C17H16FN3O2. The fraction of sp³-hybridized carbons (Fsp3) is 0.235. The van der Waals surface area contributed by atoms with Crippen LogP contribution in [-0.2, 0) is 11.2 Å². The molecule has 1 heterocycles. The monoisotopic (exact) mass is 313 g/mol. The molecule has 23 heavy (non-hydrogen) atoms. The maximum atomic E-state index is 13.1. The number of nitrogens with zero attached hydrogens (tertiary/aromatic N) is 1. The van der Waals surface area contributed by atoms with Crippen molar-refractivity contribution in [2.24, 2.45) is 0 Å². The highest BCUT2D eigenvalue weighted by molar-refractivity contribution is 6.04. The number of aromatic nitrogens is 1. The Kier molecular flexibility index (Phi) is 4.32. The lowest BCUT2D eigenvalue weighted by molar-refractivity contribution is -0.120. The minimum Gasteiger partial charge on any atom is -0.353 e. The lowest BCUT2D eigenvalue weighted by atomic mass is 10.1. The number of halogens is 1. The van der Waals surface area contributed by atoms with Gasteiger partial charge < -0.3 is 10.6 Å². The van der Waals surface area contributed by atoms with Gasteiger partial charge in [0, 0.05) is 17.9 Å². The summed E-state index contributed by atoms with van der Waals surface area (Å²) in [5.74, 6) is -0.985. The topological polar surface area (TPSA) is 71.1 Å². The van der Waals surface area contributed by atoms with E-state index >= 15 is 0 Å². The number of amides is 2. The van der Waals surface area contributed by atoms with E-state index in [1.54, 1.807) is 24.3 Å². The number of carbonyl (C=O) groups excluding carboxylic acids is 2. The third-order valence-electron chi connectivity index (χ3n) is 3.49. The zero-order chi connectivity index (χ0) is 16.2. The molecule has 1 aromatic heterocycles. The standard InChI is InChI=1S/C17H16FN3O2/c18-13-8-12(9-19-10-13)17(23)21-15-3-1-11(2-4-15)7-16(22)20-14-5-6-14/h1-4,8-10,14H,5-7H2,(H,20,22)(H,21,23).